The Morgan fingerprint density at radius 1 is 1.03 bits per heavy atom. The molecule has 1 saturated heterocycles. The van der Waals surface area contributed by atoms with Gasteiger partial charge in [0.1, 0.15) is 0 Å². The number of hydrogen-bond acceptors (Lipinski definition) is 5. The molecule has 0 spiro atoms. The number of carbonyl (C=O) groups is 1. The monoisotopic (exact) mass is 445 g/mol. The Bertz CT molecular complexity index is 927. The number of hydrogen-bond donors (Lipinski definition) is 1. The number of ether oxygens (including phenoxy) is 1. The molecule has 0 aromatic heterocycles. The summed E-state index contributed by atoms with van der Waals surface area (Å²) < 4.78 is 32.0. The van der Waals surface area contributed by atoms with Crippen LogP contribution in [0.3, 0.4) is 0 Å². The number of nitrogens with one attached hydrogen (secondary N) is 1. The molecule has 8 heteroatoms. The molecule has 1 aliphatic heterocycles. The minimum absolute atomic E-state index is 0.00174. The number of rotatable bonds is 10. The minimum atomic E-state index is -3.48. The Labute approximate surface area is 185 Å². The first-order chi connectivity index (χ1) is 14.9. The molecule has 2 aromatic carbocycles. The van der Waals surface area contributed by atoms with E-state index in [0.717, 1.165) is 18.7 Å². The SMILES string of the molecule is CN(CCNC(=O)CCc1ccc(S(=O)(=O)N2CCOCC2)cc1)Cc1ccccc1. The van der Waals surface area contributed by atoms with Crippen molar-refractivity contribution in [3.05, 3.63) is 65.7 Å². The number of carbonyl (C=O) groups excluding carboxylic acids is 1. The van der Waals surface area contributed by atoms with E-state index in [0.29, 0.717) is 45.7 Å². The van der Waals surface area contributed by atoms with E-state index < -0.39 is 10.0 Å². The molecule has 0 aliphatic carbocycles. The highest BCUT2D eigenvalue weighted by atomic mass is 32.2. The Morgan fingerprint density at radius 2 is 1.71 bits per heavy atom. The summed E-state index contributed by atoms with van der Waals surface area (Å²) in [7, 11) is -1.45. The molecule has 1 amide bonds. The smallest absolute Gasteiger partial charge is 0.243 e. The van der Waals surface area contributed by atoms with Crippen LogP contribution in [0.2, 0.25) is 0 Å². The van der Waals surface area contributed by atoms with Crippen molar-refractivity contribution in [3.8, 4) is 0 Å². The van der Waals surface area contributed by atoms with E-state index in [9.17, 15) is 13.2 Å². The standard InChI is InChI=1S/C23H31N3O4S/c1-25(19-21-5-3-2-4-6-21)14-13-24-23(27)12-9-20-7-10-22(11-8-20)31(28,29)26-15-17-30-18-16-26/h2-8,10-11H,9,12-19H2,1H3,(H,24,27). The minimum Gasteiger partial charge on any atom is -0.379 e. The van der Waals surface area contributed by atoms with Gasteiger partial charge in [-0.2, -0.15) is 4.31 Å². The van der Waals surface area contributed by atoms with Crippen molar-refractivity contribution in [2.45, 2.75) is 24.3 Å². The molecule has 1 N–H and O–H groups in total. The second kappa shape index (κ2) is 11.4. The van der Waals surface area contributed by atoms with Crippen LogP contribution in [0.25, 0.3) is 0 Å². The first-order valence-electron chi connectivity index (χ1n) is 10.6. The van der Waals surface area contributed by atoms with E-state index >= 15 is 0 Å². The summed E-state index contributed by atoms with van der Waals surface area (Å²) in [5.41, 5.74) is 2.19. The largest absolute Gasteiger partial charge is 0.379 e. The molecule has 7 nitrogen and oxygen atoms in total. The molecule has 31 heavy (non-hydrogen) atoms. The molecule has 3 rings (SSSR count). The van der Waals surface area contributed by atoms with Crippen LogP contribution in [0.15, 0.2) is 59.5 Å². The molecular formula is C23H31N3O4S. The summed E-state index contributed by atoms with van der Waals surface area (Å²) in [5, 5.41) is 2.95. The molecule has 2 aromatic rings. The molecule has 0 saturated carbocycles. The van der Waals surface area contributed by atoms with E-state index in [2.05, 4.69) is 22.3 Å². The maximum Gasteiger partial charge on any atom is 0.243 e. The highest BCUT2D eigenvalue weighted by Gasteiger charge is 2.26. The number of amides is 1. The van der Waals surface area contributed by atoms with Gasteiger partial charge >= 0.3 is 0 Å². The number of aryl methyl sites for hydroxylation is 1. The number of benzene rings is 2. The predicted molar refractivity (Wildman–Crippen MR) is 120 cm³/mol. The zero-order chi connectivity index (χ0) is 22.1. The van der Waals surface area contributed by atoms with E-state index in [1.807, 2.05) is 25.2 Å². The third-order valence-corrected chi connectivity index (χ3v) is 7.20. The Hall–Kier alpha value is -2.26. The van der Waals surface area contributed by atoms with E-state index in [1.165, 1.54) is 9.87 Å². The van der Waals surface area contributed by atoms with Crippen LogP contribution in [0.4, 0.5) is 0 Å². The fraction of sp³-hybridized carbons (Fsp3) is 0.435. The van der Waals surface area contributed by atoms with Gasteiger partial charge in [0.25, 0.3) is 0 Å². The topological polar surface area (TPSA) is 79.0 Å². The van der Waals surface area contributed by atoms with E-state index in [4.69, 9.17) is 4.74 Å². The average Bonchev–Trinajstić information content (AvgIpc) is 2.79. The Morgan fingerprint density at radius 3 is 2.39 bits per heavy atom. The Balaban J connectivity index is 1.39. The third-order valence-electron chi connectivity index (χ3n) is 5.28. The van der Waals surface area contributed by atoms with Crippen LogP contribution in [-0.4, -0.2) is 70.0 Å². The maximum absolute atomic E-state index is 12.7. The van der Waals surface area contributed by atoms with Crippen LogP contribution in [0.5, 0.6) is 0 Å². The summed E-state index contributed by atoms with van der Waals surface area (Å²) in [6.07, 6.45) is 0.946. The summed E-state index contributed by atoms with van der Waals surface area (Å²) in [6.45, 7) is 3.82. The zero-order valence-electron chi connectivity index (χ0n) is 18.0. The first kappa shape index (κ1) is 23.4. The molecule has 0 radical (unpaired) electrons. The van der Waals surface area contributed by atoms with Gasteiger partial charge in [-0.05, 0) is 36.7 Å². The van der Waals surface area contributed by atoms with E-state index in [1.54, 1.807) is 24.3 Å². The molecule has 168 valence electrons. The highest BCUT2D eigenvalue weighted by Crippen LogP contribution is 2.18. The molecule has 1 fully saturated rings. The number of sulfonamides is 1. The van der Waals surface area contributed by atoms with Crippen molar-refractivity contribution in [2.75, 3.05) is 46.4 Å². The summed E-state index contributed by atoms with van der Waals surface area (Å²) >= 11 is 0. The number of nitrogens with zero attached hydrogens (tertiary/aromatic N) is 2. The van der Waals surface area contributed by atoms with Gasteiger partial charge in [-0.1, -0.05) is 42.5 Å². The lowest BCUT2D eigenvalue weighted by atomic mass is 10.1. The second-order valence-electron chi connectivity index (χ2n) is 7.73. The van der Waals surface area contributed by atoms with Gasteiger partial charge in [-0.3, -0.25) is 4.79 Å². The van der Waals surface area contributed by atoms with Crippen molar-refractivity contribution >= 4 is 15.9 Å². The quantitative estimate of drug-likeness (QED) is 0.604. The van der Waals surface area contributed by atoms with Gasteiger partial charge in [0.2, 0.25) is 15.9 Å². The van der Waals surface area contributed by atoms with Crippen LogP contribution in [0.1, 0.15) is 17.5 Å². The normalized spacial score (nSPS) is 15.2. The highest BCUT2D eigenvalue weighted by molar-refractivity contribution is 7.89. The van der Waals surface area contributed by atoms with Crippen LogP contribution in [-0.2, 0) is 32.5 Å². The van der Waals surface area contributed by atoms with Crippen molar-refractivity contribution in [1.82, 2.24) is 14.5 Å². The molecule has 0 unspecified atom stereocenters. The summed E-state index contributed by atoms with van der Waals surface area (Å²) in [6, 6.07) is 17.0. The van der Waals surface area contributed by atoms with Crippen molar-refractivity contribution in [1.29, 1.82) is 0 Å². The van der Waals surface area contributed by atoms with Gasteiger partial charge in [0, 0.05) is 39.1 Å². The van der Waals surface area contributed by atoms with Crippen LogP contribution < -0.4 is 5.32 Å². The van der Waals surface area contributed by atoms with Crippen molar-refractivity contribution < 1.29 is 17.9 Å². The number of likely N-dealkylation sites (N-methyl/N-ethyl adjacent to an activating group) is 1. The molecule has 0 atom stereocenters. The number of morpholine rings is 1. The van der Waals surface area contributed by atoms with Crippen LogP contribution in [0, 0.1) is 0 Å². The maximum atomic E-state index is 12.7. The summed E-state index contributed by atoms with van der Waals surface area (Å²) in [5.74, 6) is -0.00174. The molecule has 1 aliphatic rings. The van der Waals surface area contributed by atoms with E-state index in [-0.39, 0.29) is 10.8 Å². The Kier molecular flexibility index (Phi) is 8.60. The lowest BCUT2D eigenvalue weighted by Gasteiger charge is -2.26. The molecular weight excluding hydrogens is 414 g/mol. The van der Waals surface area contributed by atoms with Crippen LogP contribution >= 0.6 is 0 Å². The van der Waals surface area contributed by atoms with Gasteiger partial charge in [-0.15, -0.1) is 0 Å². The third kappa shape index (κ3) is 7.14. The zero-order valence-corrected chi connectivity index (χ0v) is 18.8. The summed E-state index contributed by atoms with van der Waals surface area (Å²) in [4.78, 5) is 14.6. The fourth-order valence-electron chi connectivity index (χ4n) is 3.47. The van der Waals surface area contributed by atoms with Gasteiger partial charge in [-0.25, -0.2) is 8.42 Å². The molecule has 1 heterocycles. The fourth-order valence-corrected chi connectivity index (χ4v) is 4.88. The second-order valence-corrected chi connectivity index (χ2v) is 9.67. The first-order valence-corrected chi connectivity index (χ1v) is 12.0. The molecule has 0 bridgehead atoms. The van der Waals surface area contributed by atoms with Gasteiger partial charge < -0.3 is 15.0 Å². The van der Waals surface area contributed by atoms with Gasteiger partial charge in [0.05, 0.1) is 18.1 Å². The lowest BCUT2D eigenvalue weighted by molar-refractivity contribution is -0.121. The van der Waals surface area contributed by atoms with Gasteiger partial charge in [0.15, 0.2) is 0 Å². The van der Waals surface area contributed by atoms with Crippen molar-refractivity contribution in [3.63, 3.8) is 0 Å². The van der Waals surface area contributed by atoms with Crippen molar-refractivity contribution in [2.24, 2.45) is 0 Å². The predicted octanol–water partition coefficient (Wildman–Crippen LogP) is 1.89. The lowest BCUT2D eigenvalue weighted by Crippen LogP contribution is -2.40. The average molecular weight is 446 g/mol.